The second-order valence-electron chi connectivity index (χ2n) is 3.61. The number of carbonyl (C=O) groups is 1. The molecular formula is C11H16N2O. The van der Waals surface area contributed by atoms with E-state index in [1.165, 1.54) is 5.56 Å². The Hall–Kier alpha value is -1.51. The zero-order valence-electron chi connectivity index (χ0n) is 8.87. The maximum absolute atomic E-state index is 10.8. The molecule has 0 saturated heterocycles. The van der Waals surface area contributed by atoms with E-state index >= 15 is 0 Å². The molecule has 3 nitrogen and oxygen atoms in total. The first-order valence-corrected chi connectivity index (χ1v) is 4.57. The molecule has 1 aromatic carbocycles. The van der Waals surface area contributed by atoms with Gasteiger partial charge in [0.25, 0.3) is 0 Å². The maximum Gasteiger partial charge on any atom is 0.236 e. The van der Waals surface area contributed by atoms with Gasteiger partial charge in [0.2, 0.25) is 5.91 Å². The SMILES string of the molecule is Cc1ccc(C)c(N(C)CC(N)=O)c1. The summed E-state index contributed by atoms with van der Waals surface area (Å²) in [6, 6.07) is 6.15. The number of nitrogens with two attached hydrogens (primary N) is 1. The van der Waals surface area contributed by atoms with Gasteiger partial charge in [-0.05, 0) is 31.0 Å². The summed E-state index contributed by atoms with van der Waals surface area (Å²) in [4.78, 5) is 12.6. The highest BCUT2D eigenvalue weighted by molar-refractivity contribution is 5.79. The summed E-state index contributed by atoms with van der Waals surface area (Å²) >= 11 is 0. The number of carbonyl (C=O) groups excluding carboxylic acids is 1. The molecule has 14 heavy (non-hydrogen) atoms. The molecule has 0 fully saturated rings. The van der Waals surface area contributed by atoms with Gasteiger partial charge in [0, 0.05) is 12.7 Å². The van der Waals surface area contributed by atoms with E-state index in [1.54, 1.807) is 0 Å². The third kappa shape index (κ3) is 2.49. The molecule has 2 N–H and O–H groups in total. The van der Waals surface area contributed by atoms with Crippen molar-refractivity contribution in [3.05, 3.63) is 29.3 Å². The van der Waals surface area contributed by atoms with Crippen LogP contribution in [0.4, 0.5) is 5.69 Å². The van der Waals surface area contributed by atoms with Crippen LogP contribution in [0, 0.1) is 13.8 Å². The molecule has 0 heterocycles. The van der Waals surface area contributed by atoms with Crippen molar-refractivity contribution in [2.45, 2.75) is 13.8 Å². The molecule has 0 atom stereocenters. The zero-order chi connectivity index (χ0) is 10.7. The van der Waals surface area contributed by atoms with Gasteiger partial charge in [-0.15, -0.1) is 0 Å². The highest BCUT2D eigenvalue weighted by Gasteiger charge is 2.06. The molecule has 1 aromatic rings. The van der Waals surface area contributed by atoms with Gasteiger partial charge in [-0.25, -0.2) is 0 Å². The fourth-order valence-electron chi connectivity index (χ4n) is 1.45. The summed E-state index contributed by atoms with van der Waals surface area (Å²) in [5.74, 6) is -0.312. The first kappa shape index (κ1) is 10.6. The van der Waals surface area contributed by atoms with Crippen LogP contribution >= 0.6 is 0 Å². The van der Waals surface area contributed by atoms with Crippen molar-refractivity contribution in [1.29, 1.82) is 0 Å². The lowest BCUT2D eigenvalue weighted by Crippen LogP contribution is -2.30. The fraction of sp³-hybridized carbons (Fsp3) is 0.364. The monoisotopic (exact) mass is 192 g/mol. The molecule has 0 unspecified atom stereocenters. The number of rotatable bonds is 3. The molecule has 0 bridgehead atoms. The van der Waals surface area contributed by atoms with Crippen LogP contribution in [0.3, 0.4) is 0 Å². The standard InChI is InChI=1S/C11H16N2O/c1-8-4-5-9(2)10(6-8)13(3)7-11(12)14/h4-6H,7H2,1-3H3,(H2,12,14). The predicted molar refractivity (Wildman–Crippen MR) is 58.4 cm³/mol. The topological polar surface area (TPSA) is 46.3 Å². The van der Waals surface area contributed by atoms with E-state index in [0.29, 0.717) is 0 Å². The summed E-state index contributed by atoms with van der Waals surface area (Å²) in [5.41, 5.74) is 8.53. The van der Waals surface area contributed by atoms with Crippen LogP contribution < -0.4 is 10.6 Å². The molecule has 76 valence electrons. The number of amides is 1. The molecule has 0 aliphatic carbocycles. The van der Waals surface area contributed by atoms with Gasteiger partial charge in [-0.3, -0.25) is 4.79 Å². The zero-order valence-corrected chi connectivity index (χ0v) is 8.87. The quantitative estimate of drug-likeness (QED) is 0.782. The average molecular weight is 192 g/mol. The predicted octanol–water partition coefficient (Wildman–Crippen LogP) is 1.22. The number of nitrogens with zero attached hydrogens (tertiary/aromatic N) is 1. The van der Waals surface area contributed by atoms with E-state index in [4.69, 9.17) is 5.73 Å². The molecule has 1 rings (SSSR count). The van der Waals surface area contributed by atoms with Crippen molar-refractivity contribution in [2.75, 3.05) is 18.5 Å². The highest BCUT2D eigenvalue weighted by atomic mass is 16.1. The lowest BCUT2D eigenvalue weighted by Gasteiger charge is -2.20. The van der Waals surface area contributed by atoms with Gasteiger partial charge in [-0.2, -0.15) is 0 Å². The number of anilines is 1. The van der Waals surface area contributed by atoms with Crippen molar-refractivity contribution in [3.63, 3.8) is 0 Å². The molecule has 0 saturated carbocycles. The lowest BCUT2D eigenvalue weighted by molar-refractivity contribution is -0.116. The largest absolute Gasteiger partial charge is 0.368 e. The summed E-state index contributed by atoms with van der Waals surface area (Å²) in [6.45, 7) is 4.30. The minimum Gasteiger partial charge on any atom is -0.368 e. The van der Waals surface area contributed by atoms with Crippen LogP contribution in [0.25, 0.3) is 0 Å². The first-order valence-electron chi connectivity index (χ1n) is 4.57. The van der Waals surface area contributed by atoms with Crippen molar-refractivity contribution in [3.8, 4) is 0 Å². The van der Waals surface area contributed by atoms with Crippen molar-refractivity contribution in [2.24, 2.45) is 5.73 Å². The molecule has 0 spiro atoms. The number of hydrogen-bond donors (Lipinski definition) is 1. The summed E-state index contributed by atoms with van der Waals surface area (Å²) in [5, 5.41) is 0. The van der Waals surface area contributed by atoms with Crippen LogP contribution in [0.1, 0.15) is 11.1 Å². The normalized spacial score (nSPS) is 9.93. The Kier molecular flexibility index (Phi) is 3.12. The molecule has 1 amide bonds. The molecule has 0 radical (unpaired) electrons. The smallest absolute Gasteiger partial charge is 0.236 e. The van der Waals surface area contributed by atoms with Crippen LogP contribution in [0.5, 0.6) is 0 Å². The summed E-state index contributed by atoms with van der Waals surface area (Å²) in [6.07, 6.45) is 0. The number of likely N-dealkylation sites (N-methyl/N-ethyl adjacent to an activating group) is 1. The third-order valence-electron chi connectivity index (χ3n) is 2.17. The van der Waals surface area contributed by atoms with E-state index in [9.17, 15) is 4.79 Å². The van der Waals surface area contributed by atoms with Crippen molar-refractivity contribution >= 4 is 11.6 Å². The second kappa shape index (κ2) is 4.13. The van der Waals surface area contributed by atoms with E-state index in [1.807, 2.05) is 31.9 Å². The van der Waals surface area contributed by atoms with E-state index in [0.717, 1.165) is 11.3 Å². The number of primary amides is 1. The van der Waals surface area contributed by atoms with Crippen molar-refractivity contribution < 1.29 is 4.79 Å². The van der Waals surface area contributed by atoms with E-state index in [2.05, 4.69) is 12.1 Å². The van der Waals surface area contributed by atoms with E-state index in [-0.39, 0.29) is 12.5 Å². The Bertz CT molecular complexity index is 347. The fourth-order valence-corrected chi connectivity index (χ4v) is 1.45. The average Bonchev–Trinajstić information content (AvgIpc) is 2.08. The molecule has 0 aromatic heterocycles. The van der Waals surface area contributed by atoms with Gasteiger partial charge in [0.15, 0.2) is 0 Å². The van der Waals surface area contributed by atoms with Crippen LogP contribution in [-0.4, -0.2) is 19.5 Å². The minimum absolute atomic E-state index is 0.254. The van der Waals surface area contributed by atoms with Gasteiger partial charge >= 0.3 is 0 Å². The Morgan fingerprint density at radius 3 is 2.64 bits per heavy atom. The van der Waals surface area contributed by atoms with Gasteiger partial charge < -0.3 is 10.6 Å². The van der Waals surface area contributed by atoms with Gasteiger partial charge in [0.1, 0.15) is 0 Å². The minimum atomic E-state index is -0.312. The van der Waals surface area contributed by atoms with Gasteiger partial charge in [-0.1, -0.05) is 12.1 Å². The lowest BCUT2D eigenvalue weighted by atomic mass is 10.1. The second-order valence-corrected chi connectivity index (χ2v) is 3.61. The molecule has 0 aliphatic rings. The third-order valence-corrected chi connectivity index (χ3v) is 2.17. The summed E-state index contributed by atoms with van der Waals surface area (Å²) in [7, 11) is 1.87. The Morgan fingerprint density at radius 2 is 2.07 bits per heavy atom. The van der Waals surface area contributed by atoms with E-state index < -0.39 is 0 Å². The van der Waals surface area contributed by atoms with Crippen LogP contribution in [0.15, 0.2) is 18.2 Å². The molecular weight excluding hydrogens is 176 g/mol. The number of hydrogen-bond acceptors (Lipinski definition) is 2. The summed E-state index contributed by atoms with van der Waals surface area (Å²) < 4.78 is 0. The molecule has 3 heteroatoms. The Balaban J connectivity index is 2.93. The first-order chi connectivity index (χ1) is 6.50. The van der Waals surface area contributed by atoms with Crippen LogP contribution in [-0.2, 0) is 4.79 Å². The molecule has 0 aliphatic heterocycles. The van der Waals surface area contributed by atoms with Crippen LogP contribution in [0.2, 0.25) is 0 Å². The Labute approximate surface area is 84.5 Å². The number of benzene rings is 1. The van der Waals surface area contributed by atoms with Crippen molar-refractivity contribution in [1.82, 2.24) is 0 Å². The maximum atomic E-state index is 10.8. The van der Waals surface area contributed by atoms with Gasteiger partial charge in [0.05, 0.1) is 6.54 Å². The highest BCUT2D eigenvalue weighted by Crippen LogP contribution is 2.19. The number of aryl methyl sites for hydroxylation is 2. The Morgan fingerprint density at radius 1 is 1.43 bits per heavy atom.